The molecule has 0 saturated heterocycles. The molecule has 1 N–H and O–H groups in total. The van der Waals surface area contributed by atoms with Crippen molar-refractivity contribution in [3.63, 3.8) is 0 Å². The number of fused-ring (bicyclic) bond motifs is 1. The van der Waals surface area contributed by atoms with Crippen molar-refractivity contribution in [1.82, 2.24) is 20.2 Å². The molecule has 144 valence electrons. The summed E-state index contributed by atoms with van der Waals surface area (Å²) in [5.41, 5.74) is 1.45. The molecular formula is C18H23N5O3S. The standard InChI is InChI=1S/C18H23N5O3S/c1-18(2,3)26-17(24)19-10-9-15-20-21-16-23(15)22-14(11-27-16)12-5-7-13(25-4)8-6-12/h5-8H,9-11H2,1-4H3,(H,19,24). The normalized spacial score (nSPS) is 13.6. The number of rotatable bonds is 5. The first-order valence-corrected chi connectivity index (χ1v) is 9.60. The highest BCUT2D eigenvalue weighted by molar-refractivity contribution is 7.99. The van der Waals surface area contributed by atoms with Crippen LogP contribution in [0.3, 0.4) is 0 Å². The first kappa shape index (κ1) is 19.2. The molecule has 0 atom stereocenters. The lowest BCUT2D eigenvalue weighted by molar-refractivity contribution is 0.0528. The second-order valence-electron chi connectivity index (χ2n) is 6.95. The third-order valence-corrected chi connectivity index (χ3v) is 4.61. The number of thioether (sulfide) groups is 1. The van der Waals surface area contributed by atoms with E-state index in [0.29, 0.717) is 18.8 Å². The summed E-state index contributed by atoms with van der Waals surface area (Å²) in [5, 5.41) is 16.5. The second kappa shape index (κ2) is 7.99. The van der Waals surface area contributed by atoms with Gasteiger partial charge >= 0.3 is 6.09 Å². The molecule has 2 aromatic rings. The lowest BCUT2D eigenvalue weighted by Crippen LogP contribution is -2.33. The van der Waals surface area contributed by atoms with E-state index in [1.165, 1.54) is 0 Å². The SMILES string of the molecule is COc1ccc(C2=Nn3c(CCNC(=O)OC(C)(C)C)nnc3SC2)cc1. The van der Waals surface area contributed by atoms with Crippen molar-refractivity contribution in [3.8, 4) is 5.75 Å². The molecule has 1 aromatic heterocycles. The van der Waals surface area contributed by atoms with Gasteiger partial charge in [-0.25, -0.2) is 4.79 Å². The van der Waals surface area contributed by atoms with Crippen LogP contribution in [0.15, 0.2) is 34.5 Å². The largest absolute Gasteiger partial charge is 0.497 e. The van der Waals surface area contributed by atoms with Crippen LogP contribution in [0.5, 0.6) is 5.75 Å². The number of nitrogens with zero attached hydrogens (tertiary/aromatic N) is 4. The van der Waals surface area contributed by atoms with Crippen molar-refractivity contribution in [2.24, 2.45) is 5.10 Å². The van der Waals surface area contributed by atoms with Gasteiger partial charge in [0.1, 0.15) is 11.4 Å². The van der Waals surface area contributed by atoms with Crippen molar-refractivity contribution in [2.75, 3.05) is 19.4 Å². The Labute approximate surface area is 162 Å². The third kappa shape index (κ3) is 5.00. The van der Waals surface area contributed by atoms with Crippen LogP contribution >= 0.6 is 11.8 Å². The third-order valence-electron chi connectivity index (χ3n) is 3.68. The van der Waals surface area contributed by atoms with Gasteiger partial charge in [-0.15, -0.1) is 10.2 Å². The Morgan fingerprint density at radius 1 is 1.26 bits per heavy atom. The maximum atomic E-state index is 11.7. The lowest BCUT2D eigenvalue weighted by Gasteiger charge is -2.19. The molecule has 0 aliphatic carbocycles. The van der Waals surface area contributed by atoms with Gasteiger partial charge < -0.3 is 14.8 Å². The van der Waals surface area contributed by atoms with Gasteiger partial charge in [-0.3, -0.25) is 0 Å². The van der Waals surface area contributed by atoms with Crippen LogP contribution in [0.1, 0.15) is 32.2 Å². The summed E-state index contributed by atoms with van der Waals surface area (Å²) < 4.78 is 12.2. The summed E-state index contributed by atoms with van der Waals surface area (Å²) in [6.45, 7) is 5.88. The highest BCUT2D eigenvalue weighted by Crippen LogP contribution is 2.24. The topological polar surface area (TPSA) is 90.6 Å². The Bertz CT molecular complexity index is 840. The average Bonchev–Trinajstić information content (AvgIpc) is 3.03. The minimum absolute atomic E-state index is 0.394. The van der Waals surface area contributed by atoms with Crippen LogP contribution in [-0.4, -0.2) is 51.7 Å². The summed E-state index contributed by atoms with van der Waals surface area (Å²) in [7, 11) is 1.64. The molecule has 9 heteroatoms. The zero-order valence-corrected chi connectivity index (χ0v) is 16.7. The second-order valence-corrected chi connectivity index (χ2v) is 7.90. The van der Waals surface area contributed by atoms with Crippen LogP contribution in [0.25, 0.3) is 0 Å². The highest BCUT2D eigenvalue weighted by Gasteiger charge is 2.20. The van der Waals surface area contributed by atoms with Gasteiger partial charge in [-0.1, -0.05) is 11.8 Å². The van der Waals surface area contributed by atoms with E-state index >= 15 is 0 Å². The van der Waals surface area contributed by atoms with Gasteiger partial charge in [0.05, 0.1) is 12.8 Å². The van der Waals surface area contributed by atoms with E-state index in [9.17, 15) is 4.79 Å². The molecule has 1 aliphatic rings. The van der Waals surface area contributed by atoms with Crippen molar-refractivity contribution in [3.05, 3.63) is 35.7 Å². The molecular weight excluding hydrogens is 366 g/mol. The van der Waals surface area contributed by atoms with Crippen molar-refractivity contribution >= 4 is 23.6 Å². The highest BCUT2D eigenvalue weighted by atomic mass is 32.2. The molecule has 1 aromatic carbocycles. The number of nitrogens with one attached hydrogen (secondary N) is 1. The van der Waals surface area contributed by atoms with E-state index in [-0.39, 0.29) is 0 Å². The lowest BCUT2D eigenvalue weighted by atomic mass is 10.1. The summed E-state index contributed by atoms with van der Waals surface area (Å²) in [6, 6.07) is 7.79. The molecule has 0 saturated carbocycles. The van der Waals surface area contributed by atoms with E-state index in [4.69, 9.17) is 14.6 Å². The number of aromatic nitrogens is 3. The minimum atomic E-state index is -0.522. The molecule has 0 spiro atoms. The Kier molecular flexibility index (Phi) is 5.69. The van der Waals surface area contributed by atoms with Crippen LogP contribution in [-0.2, 0) is 11.2 Å². The van der Waals surface area contributed by atoms with E-state index in [1.54, 1.807) is 23.5 Å². The summed E-state index contributed by atoms with van der Waals surface area (Å²) in [4.78, 5) is 11.7. The number of carbonyl (C=O) groups excluding carboxylic acids is 1. The molecule has 0 bridgehead atoms. The fraction of sp³-hybridized carbons (Fsp3) is 0.444. The Morgan fingerprint density at radius 3 is 2.67 bits per heavy atom. The Balaban J connectivity index is 1.67. The predicted molar refractivity (Wildman–Crippen MR) is 104 cm³/mol. The first-order chi connectivity index (χ1) is 12.9. The summed E-state index contributed by atoms with van der Waals surface area (Å²) in [6.07, 6.45) is 0.0596. The quantitative estimate of drug-likeness (QED) is 0.846. The van der Waals surface area contributed by atoms with Gasteiger partial charge in [-0.2, -0.15) is 9.78 Å². The van der Waals surface area contributed by atoms with Crippen LogP contribution < -0.4 is 10.1 Å². The van der Waals surface area contributed by atoms with Crippen molar-refractivity contribution in [2.45, 2.75) is 37.9 Å². The van der Waals surface area contributed by atoms with Crippen LogP contribution in [0.4, 0.5) is 4.79 Å². The molecule has 3 rings (SSSR count). The van der Waals surface area contributed by atoms with Gasteiger partial charge in [0, 0.05) is 18.7 Å². The van der Waals surface area contributed by atoms with E-state index in [2.05, 4.69) is 15.5 Å². The zero-order chi connectivity index (χ0) is 19.4. The molecule has 1 amide bonds. The number of methoxy groups -OCH3 is 1. The number of benzene rings is 1. The van der Waals surface area contributed by atoms with Gasteiger partial charge in [-0.05, 0) is 50.6 Å². The zero-order valence-electron chi connectivity index (χ0n) is 15.9. The van der Waals surface area contributed by atoms with E-state index in [0.717, 1.165) is 27.9 Å². The maximum absolute atomic E-state index is 11.7. The number of alkyl carbamates (subject to hydrolysis) is 1. The maximum Gasteiger partial charge on any atom is 0.407 e. The van der Waals surface area contributed by atoms with Crippen molar-refractivity contribution < 1.29 is 14.3 Å². The van der Waals surface area contributed by atoms with Crippen LogP contribution in [0, 0.1) is 0 Å². The van der Waals surface area contributed by atoms with Gasteiger partial charge in [0.2, 0.25) is 5.16 Å². The molecule has 0 fully saturated rings. The number of carbonyl (C=O) groups is 1. The molecule has 1 aliphatic heterocycles. The summed E-state index contributed by atoms with van der Waals surface area (Å²) >= 11 is 1.59. The average molecular weight is 389 g/mol. The minimum Gasteiger partial charge on any atom is -0.497 e. The Hall–Kier alpha value is -2.55. The number of hydrogen-bond acceptors (Lipinski definition) is 7. The smallest absolute Gasteiger partial charge is 0.407 e. The molecule has 0 unspecified atom stereocenters. The van der Waals surface area contributed by atoms with Crippen LogP contribution in [0.2, 0.25) is 0 Å². The van der Waals surface area contributed by atoms with Crippen molar-refractivity contribution in [1.29, 1.82) is 0 Å². The number of amides is 1. The first-order valence-electron chi connectivity index (χ1n) is 8.62. The monoisotopic (exact) mass is 389 g/mol. The molecule has 27 heavy (non-hydrogen) atoms. The number of ether oxygens (including phenoxy) is 2. The van der Waals surface area contributed by atoms with E-state index in [1.807, 2.05) is 45.0 Å². The molecule has 0 radical (unpaired) electrons. The number of hydrogen-bond donors (Lipinski definition) is 1. The Morgan fingerprint density at radius 2 is 2.00 bits per heavy atom. The van der Waals surface area contributed by atoms with Gasteiger partial charge in [0.25, 0.3) is 0 Å². The van der Waals surface area contributed by atoms with E-state index < -0.39 is 11.7 Å². The predicted octanol–water partition coefficient (Wildman–Crippen LogP) is 2.71. The summed E-state index contributed by atoms with van der Waals surface area (Å²) in [5.74, 6) is 2.22. The fourth-order valence-electron chi connectivity index (χ4n) is 2.44. The fourth-order valence-corrected chi connectivity index (χ4v) is 3.30. The van der Waals surface area contributed by atoms with Gasteiger partial charge in [0.15, 0.2) is 5.82 Å². The molecule has 8 nitrogen and oxygen atoms in total. The molecule has 2 heterocycles.